The standard InChI is InChI=1S/C19H15Cl2F4N3O3/c1-8(2)15(16(21)26)28-17(29)10-5-12(22)9(6-14(10)31-7-19(23,24)25)13-4-3-11(20)18(30)27-13/h3-6H,1,7,26H2,2H3,(H,27,30)(H,28,29)/b16-15+. The highest BCUT2D eigenvalue weighted by Crippen LogP contribution is 2.33. The second-order valence-electron chi connectivity index (χ2n) is 6.19. The number of nitrogens with zero attached hydrogens (tertiary/aromatic N) is 1. The smallest absolute Gasteiger partial charge is 0.422 e. The highest BCUT2D eigenvalue weighted by molar-refractivity contribution is 6.31. The zero-order valence-corrected chi connectivity index (χ0v) is 17.3. The molecule has 0 aliphatic heterocycles. The molecular weight excluding hydrogens is 465 g/mol. The van der Waals surface area contributed by atoms with E-state index in [2.05, 4.69) is 16.9 Å². The highest BCUT2D eigenvalue weighted by atomic mass is 35.5. The second-order valence-corrected chi connectivity index (χ2v) is 7.01. The van der Waals surface area contributed by atoms with Crippen LogP contribution in [0.2, 0.25) is 5.02 Å². The maximum atomic E-state index is 14.7. The number of hydrogen-bond acceptors (Lipinski definition) is 5. The van der Waals surface area contributed by atoms with E-state index >= 15 is 0 Å². The number of hydrogen-bond donors (Lipinski definition) is 3. The van der Waals surface area contributed by atoms with E-state index in [4.69, 9.17) is 33.7 Å². The third kappa shape index (κ3) is 6.25. The molecule has 0 fully saturated rings. The Hall–Kier alpha value is -2.98. The lowest BCUT2D eigenvalue weighted by molar-refractivity contribution is -0.153. The number of nitrogens with two attached hydrogens (primary N) is 1. The molecule has 1 aromatic carbocycles. The van der Waals surface area contributed by atoms with E-state index in [1.54, 1.807) is 0 Å². The van der Waals surface area contributed by atoms with Crippen LogP contribution in [0.1, 0.15) is 17.3 Å². The Kier molecular flexibility index (Phi) is 7.40. The van der Waals surface area contributed by atoms with Gasteiger partial charge in [-0.25, -0.2) is 9.37 Å². The Morgan fingerprint density at radius 1 is 1.35 bits per heavy atom. The van der Waals surface area contributed by atoms with Crippen LogP contribution in [0.5, 0.6) is 11.6 Å². The summed E-state index contributed by atoms with van der Waals surface area (Å²) in [7, 11) is 0. The van der Waals surface area contributed by atoms with Gasteiger partial charge in [0.1, 0.15) is 21.7 Å². The summed E-state index contributed by atoms with van der Waals surface area (Å²) in [6.07, 6.45) is -4.73. The SMILES string of the molecule is C=C(C)/C(NC(=O)c1cc(F)c(-c2ccc(Cl)c(O)n2)cc1OCC(F)(F)F)=C(\N)Cl. The van der Waals surface area contributed by atoms with Gasteiger partial charge in [-0.3, -0.25) is 4.79 Å². The molecular formula is C19H15Cl2F4N3O3. The van der Waals surface area contributed by atoms with Crippen LogP contribution in [0.25, 0.3) is 11.3 Å². The number of aromatic nitrogens is 1. The summed E-state index contributed by atoms with van der Waals surface area (Å²) in [4.78, 5) is 16.3. The van der Waals surface area contributed by atoms with Crippen LogP contribution in [0, 0.1) is 5.82 Å². The number of amides is 1. The molecule has 0 radical (unpaired) electrons. The Balaban J connectivity index is 2.57. The molecule has 0 aliphatic carbocycles. The summed E-state index contributed by atoms with van der Waals surface area (Å²) in [5.74, 6) is -3.29. The van der Waals surface area contributed by atoms with E-state index in [0.717, 1.165) is 6.07 Å². The fourth-order valence-electron chi connectivity index (χ4n) is 2.34. The van der Waals surface area contributed by atoms with Crippen molar-refractivity contribution in [2.24, 2.45) is 5.73 Å². The molecule has 1 aromatic heterocycles. The predicted octanol–water partition coefficient (Wildman–Crippen LogP) is 4.86. The van der Waals surface area contributed by atoms with Crippen molar-refractivity contribution in [2.75, 3.05) is 6.61 Å². The molecule has 166 valence electrons. The number of benzene rings is 1. The van der Waals surface area contributed by atoms with Gasteiger partial charge in [-0.05, 0) is 36.8 Å². The molecule has 0 aliphatic rings. The zero-order valence-electron chi connectivity index (χ0n) is 15.8. The summed E-state index contributed by atoms with van der Waals surface area (Å²) in [5.41, 5.74) is 4.53. The lowest BCUT2D eigenvalue weighted by Gasteiger charge is -2.16. The third-order valence-electron chi connectivity index (χ3n) is 3.71. The van der Waals surface area contributed by atoms with E-state index in [1.165, 1.54) is 19.1 Å². The number of ether oxygens (including phenoxy) is 1. The van der Waals surface area contributed by atoms with Gasteiger partial charge < -0.3 is 20.9 Å². The van der Waals surface area contributed by atoms with Crippen LogP contribution in [-0.4, -0.2) is 28.8 Å². The molecule has 2 rings (SSSR count). The maximum absolute atomic E-state index is 14.7. The molecule has 31 heavy (non-hydrogen) atoms. The van der Waals surface area contributed by atoms with Gasteiger partial charge in [0.05, 0.1) is 17.0 Å². The number of pyridine rings is 1. The van der Waals surface area contributed by atoms with Crippen molar-refractivity contribution in [3.8, 4) is 22.9 Å². The molecule has 1 heterocycles. The minimum atomic E-state index is -4.73. The van der Waals surface area contributed by atoms with Gasteiger partial charge >= 0.3 is 6.18 Å². The van der Waals surface area contributed by atoms with E-state index in [0.29, 0.717) is 6.07 Å². The largest absolute Gasteiger partial charge is 0.492 e. The molecule has 0 saturated carbocycles. The molecule has 1 amide bonds. The van der Waals surface area contributed by atoms with Crippen LogP contribution >= 0.6 is 23.2 Å². The van der Waals surface area contributed by atoms with E-state index in [-0.39, 0.29) is 32.7 Å². The number of nitrogens with one attached hydrogen (secondary N) is 1. The summed E-state index contributed by atoms with van der Waals surface area (Å²) in [6, 6.07) is 3.94. The van der Waals surface area contributed by atoms with Crippen LogP contribution < -0.4 is 15.8 Å². The number of carbonyl (C=O) groups is 1. The van der Waals surface area contributed by atoms with Crippen molar-refractivity contribution in [1.82, 2.24) is 10.3 Å². The minimum absolute atomic E-state index is 0.0952. The molecule has 0 unspecified atom stereocenters. The molecule has 12 heteroatoms. The first-order valence-electron chi connectivity index (χ1n) is 8.31. The maximum Gasteiger partial charge on any atom is 0.422 e. The van der Waals surface area contributed by atoms with E-state index in [9.17, 15) is 27.5 Å². The Bertz CT molecular complexity index is 1070. The van der Waals surface area contributed by atoms with Gasteiger partial charge in [0.15, 0.2) is 6.61 Å². The Morgan fingerprint density at radius 3 is 2.52 bits per heavy atom. The monoisotopic (exact) mass is 479 g/mol. The lowest BCUT2D eigenvalue weighted by Crippen LogP contribution is -2.27. The molecule has 2 aromatic rings. The van der Waals surface area contributed by atoms with E-state index in [1.807, 2.05) is 0 Å². The van der Waals surface area contributed by atoms with Gasteiger partial charge in [-0.2, -0.15) is 13.2 Å². The average molecular weight is 480 g/mol. The number of halogens is 6. The van der Waals surface area contributed by atoms with Crippen molar-refractivity contribution < 1.29 is 32.2 Å². The number of rotatable bonds is 6. The summed E-state index contributed by atoms with van der Waals surface area (Å²) >= 11 is 11.3. The first-order valence-corrected chi connectivity index (χ1v) is 9.07. The predicted molar refractivity (Wildman–Crippen MR) is 107 cm³/mol. The summed E-state index contributed by atoms with van der Waals surface area (Å²) < 4.78 is 57.5. The van der Waals surface area contributed by atoms with Gasteiger partial charge in [0, 0.05) is 5.56 Å². The fourth-order valence-corrected chi connectivity index (χ4v) is 2.65. The van der Waals surface area contributed by atoms with Gasteiger partial charge in [-0.1, -0.05) is 29.8 Å². The fraction of sp³-hybridized carbons (Fsp3) is 0.158. The van der Waals surface area contributed by atoms with Crippen LogP contribution in [0.4, 0.5) is 17.6 Å². The molecule has 0 atom stereocenters. The molecule has 4 N–H and O–H groups in total. The number of allylic oxidation sites excluding steroid dienone is 1. The van der Waals surface area contributed by atoms with Gasteiger partial charge in [0.2, 0.25) is 5.88 Å². The zero-order chi connectivity index (χ0) is 23.5. The average Bonchev–Trinajstić information content (AvgIpc) is 2.65. The summed E-state index contributed by atoms with van der Waals surface area (Å²) in [5, 5.41) is 11.4. The number of alkyl halides is 3. The minimum Gasteiger partial charge on any atom is -0.492 e. The van der Waals surface area contributed by atoms with Crippen LogP contribution in [0.3, 0.4) is 0 Å². The first-order chi connectivity index (χ1) is 14.3. The first kappa shape index (κ1) is 24.3. The van der Waals surface area contributed by atoms with Crippen LogP contribution in [0.15, 0.2) is 47.3 Å². The molecule has 0 bridgehead atoms. The number of carbonyl (C=O) groups excluding carboxylic acids is 1. The Morgan fingerprint density at radius 2 is 2.00 bits per heavy atom. The normalized spacial score (nSPS) is 12.2. The summed E-state index contributed by atoms with van der Waals surface area (Å²) in [6.45, 7) is 3.28. The molecule has 0 spiro atoms. The van der Waals surface area contributed by atoms with Crippen molar-refractivity contribution in [1.29, 1.82) is 0 Å². The van der Waals surface area contributed by atoms with Gasteiger partial charge in [-0.15, -0.1) is 0 Å². The van der Waals surface area contributed by atoms with Gasteiger partial charge in [0.25, 0.3) is 5.91 Å². The molecule has 0 saturated heterocycles. The van der Waals surface area contributed by atoms with Crippen molar-refractivity contribution >= 4 is 29.1 Å². The van der Waals surface area contributed by atoms with E-state index < -0.39 is 41.7 Å². The number of aromatic hydroxyl groups is 1. The van der Waals surface area contributed by atoms with Crippen molar-refractivity contribution in [3.05, 3.63) is 63.7 Å². The topological polar surface area (TPSA) is 97.5 Å². The van der Waals surface area contributed by atoms with Crippen molar-refractivity contribution in [2.45, 2.75) is 13.1 Å². The Labute approximate surface area is 183 Å². The third-order valence-corrected chi connectivity index (χ3v) is 4.20. The van der Waals surface area contributed by atoms with Crippen LogP contribution in [-0.2, 0) is 0 Å². The quantitative estimate of drug-likeness (QED) is 0.312. The molecule has 6 nitrogen and oxygen atoms in total. The van der Waals surface area contributed by atoms with Crippen molar-refractivity contribution in [3.63, 3.8) is 0 Å². The second kappa shape index (κ2) is 9.44. The highest BCUT2D eigenvalue weighted by Gasteiger charge is 2.30. The lowest BCUT2D eigenvalue weighted by atomic mass is 10.0.